The lowest BCUT2D eigenvalue weighted by Crippen LogP contribution is -2.27. The molecule has 0 aliphatic heterocycles. The number of rotatable bonds is 12. The van der Waals surface area contributed by atoms with Crippen molar-refractivity contribution >= 4 is 17.9 Å². The summed E-state index contributed by atoms with van der Waals surface area (Å²) in [7, 11) is 0. The van der Waals surface area contributed by atoms with Crippen LogP contribution in [0.5, 0.6) is 0 Å². The number of hydrogen-bond acceptors (Lipinski definition) is 5. The van der Waals surface area contributed by atoms with Crippen LogP contribution in [-0.2, 0) is 23.9 Å². The Morgan fingerprint density at radius 2 is 1.31 bits per heavy atom. The van der Waals surface area contributed by atoms with E-state index in [9.17, 15) is 14.4 Å². The highest BCUT2D eigenvalue weighted by Gasteiger charge is 2.30. The normalized spacial score (nSPS) is 19.6. The van der Waals surface area contributed by atoms with E-state index in [0.717, 1.165) is 38.5 Å². The Kier molecular flexibility index (Phi) is 10.7. The molecule has 0 atom stereocenters. The molecule has 1 aliphatic rings. The minimum absolute atomic E-state index is 0.132. The van der Waals surface area contributed by atoms with Crippen LogP contribution in [0.2, 0.25) is 0 Å². The van der Waals surface area contributed by atoms with Gasteiger partial charge in [0.15, 0.2) is 0 Å². The SMILES string of the molecule is C=C(C)C(=O)OCCCCCCCCOC(=O)[C@H]1CC[C@H](C(=O)O)CC1. The Hall–Kier alpha value is -1.85. The van der Waals surface area contributed by atoms with Gasteiger partial charge in [0, 0.05) is 5.57 Å². The van der Waals surface area contributed by atoms with Gasteiger partial charge in [-0.3, -0.25) is 9.59 Å². The molecule has 0 saturated heterocycles. The highest BCUT2D eigenvalue weighted by molar-refractivity contribution is 5.86. The number of carbonyl (C=O) groups is 3. The molecule has 1 rings (SSSR count). The maximum absolute atomic E-state index is 12.0. The zero-order valence-corrected chi connectivity index (χ0v) is 15.8. The van der Waals surface area contributed by atoms with Crippen LogP contribution in [0.4, 0.5) is 0 Å². The van der Waals surface area contributed by atoms with Crippen molar-refractivity contribution in [1.29, 1.82) is 0 Å². The fourth-order valence-corrected chi connectivity index (χ4v) is 3.07. The molecule has 6 nitrogen and oxygen atoms in total. The van der Waals surface area contributed by atoms with E-state index in [1.54, 1.807) is 6.92 Å². The highest BCUT2D eigenvalue weighted by Crippen LogP contribution is 2.29. The van der Waals surface area contributed by atoms with E-state index < -0.39 is 5.97 Å². The fourth-order valence-electron chi connectivity index (χ4n) is 3.07. The zero-order chi connectivity index (χ0) is 19.4. The molecule has 1 aliphatic carbocycles. The van der Waals surface area contributed by atoms with Crippen LogP contribution < -0.4 is 0 Å². The van der Waals surface area contributed by atoms with Crippen molar-refractivity contribution < 1.29 is 29.0 Å². The second kappa shape index (κ2) is 12.5. The number of unbranched alkanes of at least 4 members (excludes halogenated alkanes) is 5. The monoisotopic (exact) mass is 368 g/mol. The summed E-state index contributed by atoms with van der Waals surface area (Å²) in [5.41, 5.74) is 0.425. The minimum atomic E-state index is -0.759. The van der Waals surface area contributed by atoms with E-state index >= 15 is 0 Å². The number of aliphatic carboxylic acids is 1. The molecular weight excluding hydrogens is 336 g/mol. The Labute approximate surface area is 155 Å². The summed E-state index contributed by atoms with van der Waals surface area (Å²) >= 11 is 0. The van der Waals surface area contributed by atoms with Gasteiger partial charge in [-0.15, -0.1) is 0 Å². The second-order valence-electron chi connectivity index (χ2n) is 7.09. The quantitative estimate of drug-likeness (QED) is 0.319. The molecular formula is C20H32O6. The van der Waals surface area contributed by atoms with E-state index in [1.807, 2.05) is 0 Å². The van der Waals surface area contributed by atoms with E-state index in [4.69, 9.17) is 14.6 Å². The molecule has 6 heteroatoms. The molecule has 0 heterocycles. The number of carbonyl (C=O) groups excluding carboxylic acids is 2. The third-order valence-electron chi connectivity index (χ3n) is 4.77. The summed E-state index contributed by atoms with van der Waals surface area (Å²) < 4.78 is 10.3. The highest BCUT2D eigenvalue weighted by atomic mass is 16.5. The Bertz CT molecular complexity index is 477. The minimum Gasteiger partial charge on any atom is -0.481 e. The van der Waals surface area contributed by atoms with Gasteiger partial charge in [-0.2, -0.15) is 0 Å². The molecule has 0 aromatic rings. The first-order valence-electron chi connectivity index (χ1n) is 9.64. The van der Waals surface area contributed by atoms with Gasteiger partial charge in [-0.05, 0) is 45.4 Å². The molecule has 0 amide bonds. The molecule has 0 unspecified atom stereocenters. The Morgan fingerprint density at radius 1 is 0.846 bits per heavy atom. The number of carboxylic acids is 1. The predicted molar refractivity (Wildman–Crippen MR) is 97.5 cm³/mol. The van der Waals surface area contributed by atoms with E-state index in [2.05, 4.69) is 6.58 Å². The summed E-state index contributed by atoms with van der Waals surface area (Å²) in [6.45, 7) is 6.04. The number of ether oxygens (including phenoxy) is 2. The van der Waals surface area contributed by atoms with Crippen molar-refractivity contribution in [1.82, 2.24) is 0 Å². The lowest BCUT2D eigenvalue weighted by atomic mass is 9.82. The average molecular weight is 368 g/mol. The largest absolute Gasteiger partial charge is 0.481 e. The van der Waals surface area contributed by atoms with Crippen molar-refractivity contribution in [3.8, 4) is 0 Å². The van der Waals surface area contributed by atoms with Gasteiger partial charge in [0.1, 0.15) is 0 Å². The molecule has 148 valence electrons. The molecule has 0 bridgehead atoms. The van der Waals surface area contributed by atoms with Crippen LogP contribution in [0.3, 0.4) is 0 Å². The maximum Gasteiger partial charge on any atom is 0.333 e. The van der Waals surface area contributed by atoms with E-state index in [0.29, 0.717) is 44.5 Å². The summed E-state index contributed by atoms with van der Waals surface area (Å²) in [5, 5.41) is 8.96. The van der Waals surface area contributed by atoms with Gasteiger partial charge in [0.2, 0.25) is 0 Å². The van der Waals surface area contributed by atoms with Crippen LogP contribution in [0.1, 0.15) is 71.1 Å². The first-order valence-corrected chi connectivity index (χ1v) is 9.64. The first kappa shape index (κ1) is 22.2. The van der Waals surface area contributed by atoms with Crippen LogP contribution in [0, 0.1) is 11.8 Å². The van der Waals surface area contributed by atoms with Crippen molar-refractivity contribution in [2.75, 3.05) is 13.2 Å². The first-order chi connectivity index (χ1) is 12.4. The van der Waals surface area contributed by atoms with Crippen LogP contribution in [0.15, 0.2) is 12.2 Å². The van der Waals surface area contributed by atoms with Crippen LogP contribution >= 0.6 is 0 Å². The molecule has 0 spiro atoms. The summed E-state index contributed by atoms with van der Waals surface area (Å²) in [4.78, 5) is 34.0. The molecule has 1 N–H and O–H groups in total. The smallest absolute Gasteiger partial charge is 0.333 e. The van der Waals surface area contributed by atoms with E-state index in [1.165, 1.54) is 0 Å². The maximum atomic E-state index is 12.0. The molecule has 0 aromatic carbocycles. The standard InChI is InChI=1S/C20H32O6/c1-15(2)19(23)25-13-7-5-3-4-6-8-14-26-20(24)17-11-9-16(10-12-17)18(21)22/h16-17H,1,3-14H2,2H3,(H,21,22)/t16-,17-. The third kappa shape index (κ3) is 9.02. The van der Waals surface area contributed by atoms with Crippen molar-refractivity contribution in [2.45, 2.75) is 71.1 Å². The van der Waals surface area contributed by atoms with Gasteiger partial charge >= 0.3 is 17.9 Å². The second-order valence-corrected chi connectivity index (χ2v) is 7.09. The van der Waals surface area contributed by atoms with Gasteiger partial charge in [0.05, 0.1) is 25.0 Å². The number of hydrogen-bond donors (Lipinski definition) is 1. The predicted octanol–water partition coefficient (Wildman–Crippen LogP) is 3.88. The van der Waals surface area contributed by atoms with Gasteiger partial charge in [0.25, 0.3) is 0 Å². The molecule has 1 saturated carbocycles. The number of carboxylic acid groups (broad SMARTS) is 1. The third-order valence-corrected chi connectivity index (χ3v) is 4.77. The zero-order valence-electron chi connectivity index (χ0n) is 15.8. The topological polar surface area (TPSA) is 89.9 Å². The van der Waals surface area contributed by atoms with E-state index in [-0.39, 0.29) is 23.8 Å². The summed E-state index contributed by atoms with van der Waals surface area (Å²) in [6.07, 6.45) is 8.22. The van der Waals surface area contributed by atoms with Crippen molar-refractivity contribution in [3.63, 3.8) is 0 Å². The molecule has 0 radical (unpaired) electrons. The summed E-state index contributed by atoms with van der Waals surface area (Å²) in [5.74, 6) is -1.70. The van der Waals surface area contributed by atoms with Gasteiger partial charge in [-0.1, -0.05) is 32.3 Å². The molecule has 1 fully saturated rings. The van der Waals surface area contributed by atoms with Crippen LogP contribution in [0.25, 0.3) is 0 Å². The molecule has 26 heavy (non-hydrogen) atoms. The van der Waals surface area contributed by atoms with Gasteiger partial charge in [-0.25, -0.2) is 4.79 Å². The number of esters is 2. The van der Waals surface area contributed by atoms with Crippen LogP contribution in [-0.4, -0.2) is 36.2 Å². The average Bonchev–Trinajstić information content (AvgIpc) is 2.62. The Morgan fingerprint density at radius 3 is 1.81 bits per heavy atom. The lowest BCUT2D eigenvalue weighted by Gasteiger charge is -2.24. The fraction of sp³-hybridized carbons (Fsp3) is 0.750. The van der Waals surface area contributed by atoms with Gasteiger partial charge < -0.3 is 14.6 Å². The summed E-state index contributed by atoms with van der Waals surface area (Å²) in [6, 6.07) is 0. The molecule has 0 aromatic heterocycles. The Balaban J connectivity index is 1.93. The van der Waals surface area contributed by atoms with Crippen molar-refractivity contribution in [3.05, 3.63) is 12.2 Å². The van der Waals surface area contributed by atoms with Crippen molar-refractivity contribution in [2.24, 2.45) is 11.8 Å². The lowest BCUT2D eigenvalue weighted by molar-refractivity contribution is -0.152.